The molecule has 8 heteroatoms. The van der Waals surface area contributed by atoms with Crippen molar-refractivity contribution >= 4 is 28.7 Å². The first-order valence-electron chi connectivity index (χ1n) is 7.73. The van der Waals surface area contributed by atoms with Gasteiger partial charge in [-0.25, -0.2) is 0 Å². The zero-order valence-corrected chi connectivity index (χ0v) is 13.8. The fourth-order valence-corrected chi connectivity index (χ4v) is 2.15. The van der Waals surface area contributed by atoms with Crippen LogP contribution in [0.25, 0.3) is 0 Å². The summed E-state index contributed by atoms with van der Waals surface area (Å²) in [5.41, 5.74) is 2.67. The van der Waals surface area contributed by atoms with E-state index in [-0.39, 0.29) is 24.7 Å². The maximum atomic E-state index is 12.0. The van der Waals surface area contributed by atoms with E-state index in [0.29, 0.717) is 23.6 Å². The maximum absolute atomic E-state index is 12.0. The van der Waals surface area contributed by atoms with Gasteiger partial charge < -0.3 is 21.1 Å². The number of nitrogens with zero attached hydrogens (tertiary/aromatic N) is 1. The van der Waals surface area contributed by atoms with Gasteiger partial charge in [-0.3, -0.25) is 14.9 Å². The van der Waals surface area contributed by atoms with Crippen LogP contribution in [-0.4, -0.2) is 35.6 Å². The van der Waals surface area contributed by atoms with Crippen LogP contribution < -0.4 is 16.0 Å². The van der Waals surface area contributed by atoms with Gasteiger partial charge in [-0.05, 0) is 25.1 Å². The number of nitro groups is 1. The van der Waals surface area contributed by atoms with Crippen LogP contribution in [0.2, 0.25) is 0 Å². The van der Waals surface area contributed by atoms with Crippen molar-refractivity contribution in [3.05, 3.63) is 58.1 Å². The summed E-state index contributed by atoms with van der Waals surface area (Å²) in [5, 5.41) is 28.4. The molecule has 0 fully saturated rings. The van der Waals surface area contributed by atoms with Crippen molar-refractivity contribution in [2.75, 3.05) is 35.6 Å². The standard InChI is InChI=1S/C17H20N4O4/c1-12-2-4-13(5-3-12)20-17(23)11-19-16-10-14(21(24)25)6-7-15(16)18-8-9-22/h2-7,10,18-19,22H,8-9,11H2,1H3,(H,20,23). The summed E-state index contributed by atoms with van der Waals surface area (Å²) in [6, 6.07) is 11.6. The van der Waals surface area contributed by atoms with Crippen molar-refractivity contribution in [2.24, 2.45) is 0 Å². The molecule has 0 atom stereocenters. The Morgan fingerprint density at radius 3 is 2.48 bits per heavy atom. The van der Waals surface area contributed by atoms with Crippen LogP contribution in [0.15, 0.2) is 42.5 Å². The topological polar surface area (TPSA) is 117 Å². The van der Waals surface area contributed by atoms with Gasteiger partial charge in [-0.2, -0.15) is 0 Å². The summed E-state index contributed by atoms with van der Waals surface area (Å²) in [6.07, 6.45) is 0. The first-order valence-corrected chi connectivity index (χ1v) is 7.73. The third-order valence-corrected chi connectivity index (χ3v) is 3.42. The van der Waals surface area contributed by atoms with Gasteiger partial charge in [-0.1, -0.05) is 17.7 Å². The van der Waals surface area contributed by atoms with E-state index in [2.05, 4.69) is 16.0 Å². The Morgan fingerprint density at radius 2 is 1.84 bits per heavy atom. The number of benzene rings is 2. The number of aliphatic hydroxyl groups excluding tert-OH is 1. The lowest BCUT2D eigenvalue weighted by molar-refractivity contribution is -0.384. The highest BCUT2D eigenvalue weighted by molar-refractivity contribution is 5.94. The third-order valence-electron chi connectivity index (χ3n) is 3.42. The minimum Gasteiger partial charge on any atom is -0.395 e. The zero-order valence-electron chi connectivity index (χ0n) is 13.8. The van der Waals surface area contributed by atoms with Crippen molar-refractivity contribution in [1.29, 1.82) is 0 Å². The SMILES string of the molecule is Cc1ccc(NC(=O)CNc2cc([N+](=O)[O-])ccc2NCCO)cc1. The Kier molecular flexibility index (Phi) is 6.30. The lowest BCUT2D eigenvalue weighted by Crippen LogP contribution is -2.22. The minimum absolute atomic E-state index is 0.0527. The van der Waals surface area contributed by atoms with E-state index in [1.54, 1.807) is 12.1 Å². The van der Waals surface area contributed by atoms with Crippen molar-refractivity contribution in [3.63, 3.8) is 0 Å². The number of hydrogen-bond donors (Lipinski definition) is 4. The van der Waals surface area contributed by atoms with E-state index in [0.717, 1.165) is 5.56 Å². The average molecular weight is 344 g/mol. The monoisotopic (exact) mass is 344 g/mol. The lowest BCUT2D eigenvalue weighted by atomic mass is 10.2. The number of aryl methyl sites for hydroxylation is 1. The van der Waals surface area contributed by atoms with Gasteiger partial charge in [0.1, 0.15) is 0 Å². The Balaban J connectivity index is 2.04. The molecule has 4 N–H and O–H groups in total. The third kappa shape index (κ3) is 5.47. The predicted octanol–water partition coefficient (Wildman–Crippen LogP) is 2.36. The molecular weight excluding hydrogens is 324 g/mol. The van der Waals surface area contributed by atoms with E-state index in [4.69, 9.17) is 5.11 Å². The summed E-state index contributed by atoms with van der Waals surface area (Å²) >= 11 is 0. The van der Waals surface area contributed by atoms with Crippen molar-refractivity contribution in [2.45, 2.75) is 6.92 Å². The molecule has 132 valence electrons. The van der Waals surface area contributed by atoms with E-state index >= 15 is 0 Å². The summed E-state index contributed by atoms with van der Waals surface area (Å²) in [4.78, 5) is 22.5. The minimum atomic E-state index is -0.507. The summed E-state index contributed by atoms with van der Waals surface area (Å²) in [6.45, 7) is 2.12. The second kappa shape index (κ2) is 8.65. The fourth-order valence-electron chi connectivity index (χ4n) is 2.15. The molecule has 0 unspecified atom stereocenters. The van der Waals surface area contributed by atoms with Crippen molar-refractivity contribution in [1.82, 2.24) is 0 Å². The zero-order chi connectivity index (χ0) is 18.2. The van der Waals surface area contributed by atoms with Crippen LogP contribution in [0, 0.1) is 17.0 Å². The quantitative estimate of drug-likeness (QED) is 0.431. The summed E-state index contributed by atoms with van der Waals surface area (Å²) < 4.78 is 0. The molecule has 8 nitrogen and oxygen atoms in total. The van der Waals surface area contributed by atoms with Crippen molar-refractivity contribution in [3.8, 4) is 0 Å². The Bertz CT molecular complexity index is 747. The molecule has 0 aliphatic carbocycles. The largest absolute Gasteiger partial charge is 0.395 e. The lowest BCUT2D eigenvalue weighted by Gasteiger charge is -2.13. The van der Waals surface area contributed by atoms with Gasteiger partial charge >= 0.3 is 0 Å². The number of nitrogens with one attached hydrogen (secondary N) is 3. The Hall–Kier alpha value is -3.13. The summed E-state index contributed by atoms with van der Waals surface area (Å²) in [5.74, 6) is -0.275. The van der Waals surface area contributed by atoms with Gasteiger partial charge in [-0.15, -0.1) is 0 Å². The number of hydrogen-bond acceptors (Lipinski definition) is 6. The average Bonchev–Trinajstić information content (AvgIpc) is 2.60. The maximum Gasteiger partial charge on any atom is 0.271 e. The molecule has 1 amide bonds. The normalized spacial score (nSPS) is 10.2. The predicted molar refractivity (Wildman–Crippen MR) is 97.0 cm³/mol. The first-order chi connectivity index (χ1) is 12.0. The van der Waals surface area contributed by atoms with E-state index < -0.39 is 4.92 Å². The molecule has 0 spiro atoms. The highest BCUT2D eigenvalue weighted by atomic mass is 16.6. The number of nitro benzene ring substituents is 1. The van der Waals surface area contributed by atoms with Crippen LogP contribution in [0.1, 0.15) is 5.56 Å². The summed E-state index contributed by atoms with van der Waals surface area (Å²) in [7, 11) is 0. The van der Waals surface area contributed by atoms with Crippen LogP contribution in [-0.2, 0) is 4.79 Å². The van der Waals surface area contributed by atoms with E-state index in [1.165, 1.54) is 18.2 Å². The van der Waals surface area contributed by atoms with Crippen LogP contribution in [0.3, 0.4) is 0 Å². The van der Waals surface area contributed by atoms with Gasteiger partial charge in [0, 0.05) is 24.4 Å². The molecule has 0 saturated carbocycles. The molecule has 2 rings (SSSR count). The number of amides is 1. The molecule has 0 saturated heterocycles. The smallest absolute Gasteiger partial charge is 0.271 e. The first kappa shape index (κ1) is 18.2. The second-order valence-electron chi connectivity index (χ2n) is 5.41. The fraction of sp³-hybridized carbons (Fsp3) is 0.235. The number of rotatable bonds is 8. The molecule has 0 aliphatic rings. The highest BCUT2D eigenvalue weighted by Gasteiger charge is 2.12. The number of anilines is 3. The van der Waals surface area contributed by atoms with E-state index in [1.807, 2.05) is 19.1 Å². The molecule has 2 aromatic carbocycles. The van der Waals surface area contributed by atoms with Gasteiger partial charge in [0.05, 0.1) is 29.4 Å². The van der Waals surface area contributed by atoms with Gasteiger partial charge in [0.15, 0.2) is 0 Å². The second-order valence-corrected chi connectivity index (χ2v) is 5.41. The van der Waals surface area contributed by atoms with Gasteiger partial charge in [0.25, 0.3) is 5.69 Å². The molecule has 0 aromatic heterocycles. The Morgan fingerprint density at radius 1 is 1.12 bits per heavy atom. The van der Waals surface area contributed by atoms with Crippen molar-refractivity contribution < 1.29 is 14.8 Å². The molecule has 0 aliphatic heterocycles. The van der Waals surface area contributed by atoms with Crippen LogP contribution >= 0.6 is 0 Å². The Labute approximate surface area is 145 Å². The number of non-ortho nitro benzene ring substituents is 1. The molecule has 0 bridgehead atoms. The molecule has 25 heavy (non-hydrogen) atoms. The molecule has 0 heterocycles. The van der Waals surface area contributed by atoms with Crippen LogP contribution in [0.5, 0.6) is 0 Å². The molecule has 0 radical (unpaired) electrons. The van der Waals surface area contributed by atoms with Gasteiger partial charge in [0.2, 0.25) is 5.91 Å². The van der Waals surface area contributed by atoms with Crippen LogP contribution in [0.4, 0.5) is 22.7 Å². The number of carbonyl (C=O) groups is 1. The number of aliphatic hydroxyl groups is 1. The molecule has 2 aromatic rings. The molecular formula is C17H20N4O4. The highest BCUT2D eigenvalue weighted by Crippen LogP contribution is 2.26. The number of carbonyl (C=O) groups excluding carboxylic acids is 1. The van der Waals surface area contributed by atoms with E-state index in [9.17, 15) is 14.9 Å².